The van der Waals surface area contributed by atoms with Gasteiger partial charge in [-0.25, -0.2) is 4.99 Å². The fourth-order valence-corrected chi connectivity index (χ4v) is 2.89. The van der Waals surface area contributed by atoms with Crippen LogP contribution in [-0.4, -0.2) is 44.8 Å². The molecule has 3 rings (SSSR count). The van der Waals surface area contributed by atoms with Crippen molar-refractivity contribution in [2.45, 2.75) is 38.5 Å². The molecule has 8 heteroatoms. The smallest absolute Gasteiger partial charge is 0.378 e. The number of morpholine rings is 1. The summed E-state index contributed by atoms with van der Waals surface area (Å²) in [4.78, 5) is 6.26. The van der Waals surface area contributed by atoms with Gasteiger partial charge >= 0.3 is 6.18 Å². The molecule has 144 valence electrons. The Kier molecular flexibility index (Phi) is 5.90. The Morgan fingerprint density at radius 1 is 1.27 bits per heavy atom. The van der Waals surface area contributed by atoms with Gasteiger partial charge in [0.25, 0.3) is 0 Å². The molecule has 1 saturated heterocycles. The molecular weight excluding hydrogens is 345 g/mol. The van der Waals surface area contributed by atoms with Crippen LogP contribution in [0, 0.1) is 0 Å². The molecule has 1 aliphatic carbocycles. The van der Waals surface area contributed by atoms with Crippen LogP contribution in [0.4, 0.5) is 18.9 Å². The monoisotopic (exact) mass is 370 g/mol. The van der Waals surface area contributed by atoms with E-state index in [0.717, 1.165) is 12.8 Å². The zero-order chi connectivity index (χ0) is 18.6. The van der Waals surface area contributed by atoms with Crippen LogP contribution in [0.3, 0.4) is 0 Å². The summed E-state index contributed by atoms with van der Waals surface area (Å²) in [5, 5.41) is 6.30. The van der Waals surface area contributed by atoms with E-state index < -0.39 is 11.7 Å². The van der Waals surface area contributed by atoms with Gasteiger partial charge in [0.05, 0.1) is 25.3 Å². The average Bonchev–Trinajstić information content (AvgIpc) is 3.44. The molecule has 5 nitrogen and oxygen atoms in total. The van der Waals surface area contributed by atoms with Gasteiger partial charge < -0.3 is 20.3 Å². The molecule has 0 radical (unpaired) electrons. The highest BCUT2D eigenvalue weighted by Crippen LogP contribution is 2.35. The van der Waals surface area contributed by atoms with Crippen molar-refractivity contribution in [2.75, 3.05) is 37.7 Å². The molecule has 0 aromatic heterocycles. The predicted molar refractivity (Wildman–Crippen MR) is 95.4 cm³/mol. The van der Waals surface area contributed by atoms with Crippen LogP contribution in [0.1, 0.15) is 30.9 Å². The average molecular weight is 370 g/mol. The summed E-state index contributed by atoms with van der Waals surface area (Å²) in [6.45, 7) is 4.86. The standard InChI is InChI=1S/C18H25F3N4O/c1-2-22-17(24-14-4-5-14)23-12-13-3-6-15(11-16(13)18(19,20)21)25-7-9-26-10-8-25/h3,6,11,14H,2,4-5,7-10,12H2,1H3,(H2,22,23,24). The van der Waals surface area contributed by atoms with Crippen molar-refractivity contribution in [3.63, 3.8) is 0 Å². The van der Waals surface area contributed by atoms with E-state index in [9.17, 15) is 13.2 Å². The summed E-state index contributed by atoms with van der Waals surface area (Å²) >= 11 is 0. The van der Waals surface area contributed by atoms with Gasteiger partial charge in [0.15, 0.2) is 5.96 Å². The zero-order valence-electron chi connectivity index (χ0n) is 14.9. The van der Waals surface area contributed by atoms with E-state index in [1.807, 2.05) is 11.8 Å². The maximum atomic E-state index is 13.6. The maximum Gasteiger partial charge on any atom is 0.416 e. The molecule has 2 fully saturated rings. The van der Waals surface area contributed by atoms with Crippen LogP contribution in [0.15, 0.2) is 23.2 Å². The number of hydrogen-bond donors (Lipinski definition) is 2. The SMILES string of the molecule is CCNC(=NCc1ccc(N2CCOCC2)cc1C(F)(F)F)NC1CC1. The van der Waals surface area contributed by atoms with Crippen LogP contribution >= 0.6 is 0 Å². The predicted octanol–water partition coefficient (Wildman–Crippen LogP) is 2.76. The molecule has 26 heavy (non-hydrogen) atoms. The molecule has 1 aliphatic heterocycles. The summed E-state index contributed by atoms with van der Waals surface area (Å²) < 4.78 is 46.0. The van der Waals surface area contributed by atoms with Crippen LogP contribution in [0.2, 0.25) is 0 Å². The van der Waals surface area contributed by atoms with Crippen molar-refractivity contribution >= 4 is 11.6 Å². The number of alkyl halides is 3. The lowest BCUT2D eigenvalue weighted by molar-refractivity contribution is -0.138. The minimum absolute atomic E-state index is 0.0136. The second-order valence-electron chi connectivity index (χ2n) is 6.55. The Morgan fingerprint density at radius 3 is 2.62 bits per heavy atom. The molecule has 0 unspecified atom stereocenters. The maximum absolute atomic E-state index is 13.6. The molecule has 1 aromatic carbocycles. The number of hydrogen-bond acceptors (Lipinski definition) is 3. The van der Waals surface area contributed by atoms with Crippen molar-refractivity contribution in [3.8, 4) is 0 Å². The third-order valence-electron chi connectivity index (χ3n) is 4.45. The molecule has 2 aliphatic rings. The van der Waals surface area contributed by atoms with Crippen LogP contribution < -0.4 is 15.5 Å². The van der Waals surface area contributed by atoms with E-state index in [4.69, 9.17) is 4.74 Å². The van der Waals surface area contributed by atoms with Gasteiger partial charge in [0.1, 0.15) is 0 Å². The number of ether oxygens (including phenoxy) is 1. The highest BCUT2D eigenvalue weighted by Gasteiger charge is 2.34. The van der Waals surface area contributed by atoms with E-state index >= 15 is 0 Å². The van der Waals surface area contributed by atoms with Gasteiger partial charge in [-0.15, -0.1) is 0 Å². The Hall–Kier alpha value is -1.96. The quantitative estimate of drug-likeness (QED) is 0.618. The highest BCUT2D eigenvalue weighted by molar-refractivity contribution is 5.80. The molecule has 0 amide bonds. The van der Waals surface area contributed by atoms with Gasteiger partial charge in [0, 0.05) is 31.4 Å². The number of aliphatic imine (C=N–C) groups is 1. The largest absolute Gasteiger partial charge is 0.416 e. The van der Waals surface area contributed by atoms with E-state index in [0.29, 0.717) is 50.5 Å². The van der Waals surface area contributed by atoms with E-state index in [1.165, 1.54) is 12.1 Å². The molecule has 1 heterocycles. The van der Waals surface area contributed by atoms with Gasteiger partial charge in [-0.3, -0.25) is 0 Å². The number of anilines is 1. The third-order valence-corrected chi connectivity index (χ3v) is 4.45. The lowest BCUT2D eigenvalue weighted by Gasteiger charge is -2.29. The van der Waals surface area contributed by atoms with Crippen molar-refractivity contribution in [3.05, 3.63) is 29.3 Å². The first kappa shape index (κ1) is 18.8. The summed E-state index contributed by atoms with van der Waals surface area (Å²) in [5.74, 6) is 0.570. The first-order valence-corrected chi connectivity index (χ1v) is 9.05. The van der Waals surface area contributed by atoms with E-state index in [-0.39, 0.29) is 12.1 Å². The van der Waals surface area contributed by atoms with E-state index in [1.54, 1.807) is 6.07 Å². The van der Waals surface area contributed by atoms with Crippen LogP contribution in [0.5, 0.6) is 0 Å². The lowest BCUT2D eigenvalue weighted by Crippen LogP contribution is -2.38. The van der Waals surface area contributed by atoms with Crippen molar-refractivity contribution < 1.29 is 17.9 Å². The zero-order valence-corrected chi connectivity index (χ0v) is 14.9. The number of nitrogens with one attached hydrogen (secondary N) is 2. The first-order valence-electron chi connectivity index (χ1n) is 9.05. The van der Waals surface area contributed by atoms with Crippen molar-refractivity contribution in [2.24, 2.45) is 4.99 Å². The molecule has 0 bridgehead atoms. The third kappa shape index (κ3) is 5.03. The van der Waals surface area contributed by atoms with Gasteiger partial charge in [-0.05, 0) is 37.5 Å². The van der Waals surface area contributed by atoms with Crippen LogP contribution in [-0.2, 0) is 17.5 Å². The minimum atomic E-state index is -4.41. The summed E-state index contributed by atoms with van der Waals surface area (Å²) in [5.41, 5.74) is 0.145. The molecule has 0 atom stereocenters. The molecule has 0 spiro atoms. The molecule has 2 N–H and O–H groups in total. The highest BCUT2D eigenvalue weighted by atomic mass is 19.4. The van der Waals surface area contributed by atoms with Gasteiger partial charge in [-0.2, -0.15) is 13.2 Å². The Balaban J connectivity index is 1.80. The minimum Gasteiger partial charge on any atom is -0.378 e. The lowest BCUT2D eigenvalue weighted by atomic mass is 10.1. The summed E-state index contributed by atoms with van der Waals surface area (Å²) in [6.07, 6.45) is -2.26. The Labute approximate surface area is 151 Å². The Bertz CT molecular complexity index is 638. The number of rotatable bonds is 5. The van der Waals surface area contributed by atoms with Crippen LogP contribution in [0.25, 0.3) is 0 Å². The fourth-order valence-electron chi connectivity index (χ4n) is 2.89. The summed E-state index contributed by atoms with van der Waals surface area (Å²) in [7, 11) is 0. The van der Waals surface area contributed by atoms with E-state index in [2.05, 4.69) is 15.6 Å². The topological polar surface area (TPSA) is 48.9 Å². The Morgan fingerprint density at radius 2 is 2.00 bits per heavy atom. The number of guanidine groups is 1. The van der Waals surface area contributed by atoms with Crippen molar-refractivity contribution in [1.29, 1.82) is 0 Å². The summed E-state index contributed by atoms with van der Waals surface area (Å²) in [6, 6.07) is 4.90. The molecule has 1 aromatic rings. The first-order chi connectivity index (χ1) is 12.5. The van der Waals surface area contributed by atoms with Gasteiger partial charge in [-0.1, -0.05) is 6.07 Å². The number of halogens is 3. The molecular formula is C18H25F3N4O. The number of benzene rings is 1. The molecule has 1 saturated carbocycles. The second kappa shape index (κ2) is 8.16. The normalized spacial score (nSPS) is 18.8. The van der Waals surface area contributed by atoms with Gasteiger partial charge in [0.2, 0.25) is 0 Å². The fraction of sp³-hybridized carbons (Fsp3) is 0.611. The number of nitrogens with zero attached hydrogens (tertiary/aromatic N) is 2. The second-order valence-corrected chi connectivity index (χ2v) is 6.55. The van der Waals surface area contributed by atoms with Crippen molar-refractivity contribution in [1.82, 2.24) is 10.6 Å².